The smallest absolute Gasteiger partial charge is 0.310 e. The first-order chi connectivity index (χ1) is 13.0. The summed E-state index contributed by atoms with van der Waals surface area (Å²) >= 11 is 8.05. The van der Waals surface area contributed by atoms with Crippen LogP contribution in [-0.2, 0) is 16.0 Å². The lowest BCUT2D eigenvalue weighted by Crippen LogP contribution is -2.34. The molecule has 0 saturated carbocycles. The number of carbonyl (C=O) groups excluding carboxylic acids is 2. The number of thiophene rings is 1. The molecule has 3 aromatic rings. The van der Waals surface area contributed by atoms with Crippen LogP contribution in [0, 0.1) is 18.8 Å². The first-order valence-corrected chi connectivity index (χ1v) is 10.2. The number of cyclic esters (lactones) is 1. The van der Waals surface area contributed by atoms with E-state index in [0.717, 1.165) is 27.6 Å². The molecule has 136 valence electrons. The summed E-state index contributed by atoms with van der Waals surface area (Å²) in [6.45, 7) is 2.44. The number of benzene rings is 2. The van der Waals surface area contributed by atoms with Gasteiger partial charge >= 0.3 is 5.97 Å². The minimum Gasteiger partial charge on any atom is -0.465 e. The number of hydrogen-bond acceptors (Lipinski definition) is 4. The van der Waals surface area contributed by atoms with E-state index in [1.807, 2.05) is 13.0 Å². The van der Waals surface area contributed by atoms with Crippen molar-refractivity contribution in [1.82, 2.24) is 0 Å². The predicted molar refractivity (Wildman–Crippen MR) is 107 cm³/mol. The summed E-state index contributed by atoms with van der Waals surface area (Å²) in [5, 5.41) is 1.51. The number of carbonyl (C=O) groups is 2. The van der Waals surface area contributed by atoms with Crippen molar-refractivity contribution >= 4 is 44.8 Å². The van der Waals surface area contributed by atoms with Crippen LogP contribution in [0.3, 0.4) is 0 Å². The van der Waals surface area contributed by atoms with Gasteiger partial charge in [-0.3, -0.25) is 9.59 Å². The van der Waals surface area contributed by atoms with Crippen molar-refractivity contribution in [3.63, 3.8) is 0 Å². The highest BCUT2D eigenvalue weighted by Gasteiger charge is 2.51. The van der Waals surface area contributed by atoms with Gasteiger partial charge in [-0.2, -0.15) is 0 Å². The average molecular weight is 397 g/mol. The van der Waals surface area contributed by atoms with E-state index in [-0.39, 0.29) is 17.7 Å². The number of esters is 1. The third-order valence-electron chi connectivity index (χ3n) is 5.72. The molecule has 2 aliphatic rings. The van der Waals surface area contributed by atoms with Crippen LogP contribution in [-0.4, -0.2) is 18.4 Å². The molecule has 0 spiro atoms. The fourth-order valence-corrected chi connectivity index (χ4v) is 6.04. The van der Waals surface area contributed by atoms with E-state index in [0.29, 0.717) is 17.2 Å². The topological polar surface area (TPSA) is 43.4 Å². The van der Waals surface area contributed by atoms with E-state index in [4.69, 9.17) is 16.3 Å². The van der Waals surface area contributed by atoms with Gasteiger partial charge in [0.15, 0.2) is 5.78 Å². The molecule has 0 unspecified atom stereocenters. The highest BCUT2D eigenvalue weighted by Crippen LogP contribution is 2.51. The van der Waals surface area contributed by atoms with Crippen LogP contribution >= 0.6 is 22.9 Å². The van der Waals surface area contributed by atoms with E-state index in [1.54, 1.807) is 29.5 Å². The molecule has 1 aliphatic heterocycles. The Morgan fingerprint density at radius 3 is 2.85 bits per heavy atom. The number of aryl methyl sites for hydroxylation is 1. The van der Waals surface area contributed by atoms with Gasteiger partial charge in [0.2, 0.25) is 0 Å². The Morgan fingerprint density at radius 2 is 2.04 bits per heavy atom. The zero-order chi connectivity index (χ0) is 18.7. The largest absolute Gasteiger partial charge is 0.465 e. The van der Waals surface area contributed by atoms with Crippen molar-refractivity contribution < 1.29 is 14.3 Å². The molecule has 3 nitrogen and oxygen atoms in total. The van der Waals surface area contributed by atoms with Crippen molar-refractivity contribution in [2.45, 2.75) is 19.3 Å². The molecule has 5 rings (SSSR count). The maximum absolute atomic E-state index is 13.6. The summed E-state index contributed by atoms with van der Waals surface area (Å²) in [4.78, 5) is 27.4. The first kappa shape index (κ1) is 17.0. The van der Waals surface area contributed by atoms with Gasteiger partial charge in [0.1, 0.15) is 0 Å². The van der Waals surface area contributed by atoms with Crippen LogP contribution in [0.2, 0.25) is 5.02 Å². The fraction of sp³-hybridized carbons (Fsp3) is 0.273. The number of Topliss-reactive ketones (excluding diaryl/α,β-unsaturated/α-hetero) is 1. The Bertz CT molecular complexity index is 1100. The van der Waals surface area contributed by atoms with Crippen molar-refractivity contribution in [2.75, 3.05) is 6.61 Å². The summed E-state index contributed by atoms with van der Waals surface area (Å²) in [5.74, 6) is -1.26. The van der Waals surface area contributed by atoms with Crippen LogP contribution in [0.4, 0.5) is 0 Å². The van der Waals surface area contributed by atoms with Gasteiger partial charge in [-0.1, -0.05) is 41.4 Å². The molecule has 1 aliphatic carbocycles. The molecular formula is C22H17ClO3S. The molecule has 1 saturated heterocycles. The quantitative estimate of drug-likeness (QED) is 0.443. The second-order valence-electron chi connectivity index (χ2n) is 7.38. The summed E-state index contributed by atoms with van der Waals surface area (Å²) < 4.78 is 6.53. The molecular weight excluding hydrogens is 380 g/mol. The molecule has 0 radical (unpaired) electrons. The van der Waals surface area contributed by atoms with E-state index in [2.05, 4.69) is 18.2 Å². The maximum Gasteiger partial charge on any atom is 0.310 e. The van der Waals surface area contributed by atoms with Crippen molar-refractivity contribution in [2.24, 2.45) is 11.8 Å². The van der Waals surface area contributed by atoms with Crippen molar-refractivity contribution in [3.05, 3.63) is 69.1 Å². The SMILES string of the molecule is Cc1ccc2sc3c(c2c1)[C@@H](C(=O)c1ccccc1Cl)[C@@H]1C(=O)OC[C@H]1C3. The Labute approximate surface area is 165 Å². The number of ketones is 1. The summed E-state index contributed by atoms with van der Waals surface area (Å²) in [6, 6.07) is 13.4. The number of halogens is 1. The van der Waals surface area contributed by atoms with Crippen LogP contribution < -0.4 is 0 Å². The number of rotatable bonds is 2. The lowest BCUT2D eigenvalue weighted by Gasteiger charge is -2.30. The van der Waals surface area contributed by atoms with Gasteiger partial charge in [-0.15, -0.1) is 11.3 Å². The number of fused-ring (bicyclic) bond motifs is 4. The molecule has 0 N–H and O–H groups in total. The van der Waals surface area contributed by atoms with Gasteiger partial charge < -0.3 is 4.74 Å². The van der Waals surface area contributed by atoms with E-state index in [9.17, 15) is 9.59 Å². The molecule has 0 bridgehead atoms. The van der Waals surface area contributed by atoms with Gasteiger partial charge in [0.25, 0.3) is 0 Å². The zero-order valence-electron chi connectivity index (χ0n) is 14.7. The zero-order valence-corrected chi connectivity index (χ0v) is 16.3. The first-order valence-electron chi connectivity index (χ1n) is 9.02. The Kier molecular flexibility index (Phi) is 3.88. The minimum atomic E-state index is -0.538. The minimum absolute atomic E-state index is 0.0515. The Balaban J connectivity index is 1.75. The third-order valence-corrected chi connectivity index (χ3v) is 7.26. The predicted octanol–water partition coefficient (Wildman–Crippen LogP) is 5.17. The molecule has 5 heteroatoms. The highest BCUT2D eigenvalue weighted by atomic mass is 35.5. The van der Waals surface area contributed by atoms with Crippen LogP contribution in [0.5, 0.6) is 0 Å². The van der Waals surface area contributed by atoms with Gasteiger partial charge in [-0.25, -0.2) is 0 Å². The molecule has 2 aromatic carbocycles. The standard InChI is InChI=1S/C22H17ClO3S/c1-11-6-7-16-14(8-11)19-17(27-16)9-12-10-26-22(25)18(12)20(19)21(24)13-4-2-3-5-15(13)23/h2-8,12,18,20H,9-10H2,1H3/t12-,18-,20+/m1/s1. The summed E-state index contributed by atoms with van der Waals surface area (Å²) in [6.07, 6.45) is 0.788. The molecule has 0 amide bonds. The fourth-order valence-electron chi connectivity index (χ4n) is 4.49. The van der Waals surface area contributed by atoms with Crippen LogP contribution in [0.25, 0.3) is 10.1 Å². The molecule has 1 fully saturated rings. The van der Waals surface area contributed by atoms with Gasteiger partial charge in [0.05, 0.1) is 23.5 Å². The highest BCUT2D eigenvalue weighted by molar-refractivity contribution is 7.19. The van der Waals surface area contributed by atoms with E-state index < -0.39 is 11.8 Å². The van der Waals surface area contributed by atoms with Crippen molar-refractivity contribution in [1.29, 1.82) is 0 Å². The second-order valence-corrected chi connectivity index (χ2v) is 8.92. The molecule has 1 aromatic heterocycles. The molecule has 3 atom stereocenters. The lowest BCUT2D eigenvalue weighted by atomic mass is 9.69. The Morgan fingerprint density at radius 1 is 1.22 bits per heavy atom. The Hall–Kier alpha value is -2.17. The normalized spacial score (nSPS) is 23.8. The number of hydrogen-bond donors (Lipinski definition) is 0. The van der Waals surface area contributed by atoms with Gasteiger partial charge in [-0.05, 0) is 42.5 Å². The lowest BCUT2D eigenvalue weighted by molar-refractivity contribution is -0.141. The van der Waals surface area contributed by atoms with E-state index >= 15 is 0 Å². The summed E-state index contributed by atoms with van der Waals surface area (Å²) in [5.41, 5.74) is 2.62. The second kappa shape index (κ2) is 6.18. The molecule has 27 heavy (non-hydrogen) atoms. The number of ether oxygens (including phenoxy) is 1. The van der Waals surface area contributed by atoms with E-state index in [1.165, 1.54) is 4.88 Å². The average Bonchev–Trinajstić information content (AvgIpc) is 3.20. The van der Waals surface area contributed by atoms with Crippen molar-refractivity contribution in [3.8, 4) is 0 Å². The van der Waals surface area contributed by atoms with Crippen LogP contribution in [0.15, 0.2) is 42.5 Å². The maximum atomic E-state index is 13.6. The summed E-state index contributed by atoms with van der Waals surface area (Å²) in [7, 11) is 0. The molecule has 2 heterocycles. The monoisotopic (exact) mass is 396 g/mol. The third kappa shape index (κ3) is 2.54. The van der Waals surface area contributed by atoms with Gasteiger partial charge in [0, 0.05) is 21.1 Å². The van der Waals surface area contributed by atoms with Crippen LogP contribution in [0.1, 0.15) is 32.3 Å².